The number of rotatable bonds is 8. The van der Waals surface area contributed by atoms with Gasteiger partial charge in [0.15, 0.2) is 0 Å². The maximum atomic E-state index is 12.5. The van der Waals surface area contributed by atoms with E-state index in [0.29, 0.717) is 5.69 Å². The third-order valence-corrected chi connectivity index (χ3v) is 4.86. The van der Waals surface area contributed by atoms with Crippen molar-refractivity contribution in [2.45, 2.75) is 36.7 Å². The van der Waals surface area contributed by atoms with Crippen LogP contribution in [0.25, 0.3) is 0 Å². The van der Waals surface area contributed by atoms with Crippen molar-refractivity contribution in [1.29, 1.82) is 0 Å². The summed E-state index contributed by atoms with van der Waals surface area (Å²) in [5.41, 5.74) is 0.353. The lowest BCUT2D eigenvalue weighted by Crippen LogP contribution is -2.36. The lowest BCUT2D eigenvalue weighted by atomic mass is 10.2. The largest absolute Gasteiger partial charge is 0.478 e. The molecule has 0 aromatic heterocycles. The van der Waals surface area contributed by atoms with E-state index in [-0.39, 0.29) is 23.1 Å². The van der Waals surface area contributed by atoms with E-state index in [1.165, 1.54) is 25.3 Å². The summed E-state index contributed by atoms with van der Waals surface area (Å²) in [4.78, 5) is 11.0. The molecule has 1 fully saturated rings. The smallest absolute Gasteiger partial charge is 0.335 e. The van der Waals surface area contributed by atoms with Crippen molar-refractivity contribution in [3.05, 3.63) is 23.8 Å². The minimum Gasteiger partial charge on any atom is -0.478 e. The van der Waals surface area contributed by atoms with Crippen LogP contribution in [-0.2, 0) is 14.8 Å². The van der Waals surface area contributed by atoms with Gasteiger partial charge in [-0.3, -0.25) is 0 Å². The third-order valence-electron chi connectivity index (χ3n) is 3.23. The lowest BCUT2D eigenvalue weighted by Gasteiger charge is -2.17. The van der Waals surface area contributed by atoms with E-state index in [4.69, 9.17) is 9.84 Å². The minimum absolute atomic E-state index is 0.0535. The number of anilines is 1. The quantitative estimate of drug-likeness (QED) is 0.664. The van der Waals surface area contributed by atoms with E-state index in [2.05, 4.69) is 10.0 Å². The summed E-state index contributed by atoms with van der Waals surface area (Å²) < 4.78 is 32.4. The van der Waals surface area contributed by atoms with Crippen molar-refractivity contribution in [3.63, 3.8) is 0 Å². The Morgan fingerprint density at radius 2 is 2.14 bits per heavy atom. The summed E-state index contributed by atoms with van der Waals surface area (Å²) in [6, 6.07) is 3.90. The number of carbonyl (C=O) groups is 1. The molecule has 0 spiro atoms. The molecule has 0 radical (unpaired) electrons. The van der Waals surface area contributed by atoms with Gasteiger partial charge in [0.1, 0.15) is 4.90 Å². The fourth-order valence-corrected chi connectivity index (χ4v) is 3.48. The Morgan fingerprint density at radius 1 is 1.45 bits per heavy atom. The molecule has 0 saturated heterocycles. The van der Waals surface area contributed by atoms with Crippen LogP contribution in [0.1, 0.15) is 30.1 Å². The van der Waals surface area contributed by atoms with Crippen LogP contribution in [0, 0.1) is 0 Å². The molecule has 1 atom stereocenters. The van der Waals surface area contributed by atoms with Crippen LogP contribution in [-0.4, -0.2) is 45.3 Å². The molecular weight excluding hydrogens is 308 g/mol. The standard InChI is InChI=1S/C14H20N2O5S/c1-9(8-21-2)16-22(19,20)13-7-10(14(17)18)3-6-12(13)15-11-4-5-11/h3,6-7,9,11,15-16H,4-5,8H2,1-2H3,(H,17,18)/t9-/m1/s1. The van der Waals surface area contributed by atoms with Gasteiger partial charge in [-0.05, 0) is 38.0 Å². The topological polar surface area (TPSA) is 105 Å². The molecule has 1 saturated carbocycles. The van der Waals surface area contributed by atoms with Crippen LogP contribution in [0.4, 0.5) is 5.69 Å². The monoisotopic (exact) mass is 328 g/mol. The lowest BCUT2D eigenvalue weighted by molar-refractivity contribution is 0.0696. The predicted octanol–water partition coefficient (Wildman–Crippen LogP) is 1.27. The summed E-state index contributed by atoms with van der Waals surface area (Å²) in [6.07, 6.45) is 1.96. The molecule has 0 bridgehead atoms. The van der Waals surface area contributed by atoms with Gasteiger partial charge >= 0.3 is 5.97 Å². The molecule has 122 valence electrons. The number of sulfonamides is 1. The molecule has 3 N–H and O–H groups in total. The second kappa shape index (κ2) is 6.64. The first-order valence-electron chi connectivity index (χ1n) is 6.98. The van der Waals surface area contributed by atoms with Crippen LogP contribution < -0.4 is 10.0 Å². The van der Waals surface area contributed by atoms with Crippen LogP contribution in [0.2, 0.25) is 0 Å². The number of carboxylic acid groups (broad SMARTS) is 1. The molecule has 2 rings (SSSR count). The van der Waals surface area contributed by atoms with Gasteiger partial charge in [-0.25, -0.2) is 17.9 Å². The number of methoxy groups -OCH3 is 1. The Morgan fingerprint density at radius 3 is 2.68 bits per heavy atom. The van der Waals surface area contributed by atoms with Gasteiger partial charge in [0.25, 0.3) is 0 Å². The Hall–Kier alpha value is -1.64. The van der Waals surface area contributed by atoms with Crippen LogP contribution in [0.5, 0.6) is 0 Å². The molecule has 1 aromatic carbocycles. The second-order valence-corrected chi connectivity index (χ2v) is 7.09. The van der Waals surface area contributed by atoms with Gasteiger partial charge in [-0.15, -0.1) is 0 Å². The first kappa shape index (κ1) is 16.7. The maximum absolute atomic E-state index is 12.5. The summed E-state index contributed by atoms with van der Waals surface area (Å²) in [5, 5.41) is 12.2. The van der Waals surface area contributed by atoms with E-state index in [0.717, 1.165) is 12.8 Å². The molecule has 0 amide bonds. The SMILES string of the molecule is COC[C@@H](C)NS(=O)(=O)c1cc(C(=O)O)ccc1NC1CC1. The molecule has 0 unspecified atom stereocenters. The molecule has 1 aliphatic rings. The number of hydrogen-bond donors (Lipinski definition) is 3. The van der Waals surface area contributed by atoms with Crippen molar-refractivity contribution >= 4 is 21.7 Å². The van der Waals surface area contributed by atoms with E-state index in [1.807, 2.05) is 0 Å². The summed E-state index contributed by atoms with van der Waals surface area (Å²) in [6.45, 7) is 1.90. The van der Waals surface area contributed by atoms with Crippen molar-refractivity contribution in [3.8, 4) is 0 Å². The number of carboxylic acids is 1. The average Bonchev–Trinajstić information content (AvgIpc) is 3.22. The zero-order chi connectivity index (χ0) is 16.3. The van der Waals surface area contributed by atoms with Crippen molar-refractivity contribution in [2.24, 2.45) is 0 Å². The molecule has 8 heteroatoms. The molecule has 0 aliphatic heterocycles. The Bertz CT molecular complexity index is 655. The highest BCUT2D eigenvalue weighted by atomic mass is 32.2. The van der Waals surface area contributed by atoms with E-state index in [1.54, 1.807) is 6.92 Å². The second-order valence-electron chi connectivity index (χ2n) is 5.41. The fraction of sp³-hybridized carbons (Fsp3) is 0.500. The zero-order valence-corrected chi connectivity index (χ0v) is 13.3. The highest BCUT2D eigenvalue weighted by Crippen LogP contribution is 2.30. The van der Waals surface area contributed by atoms with Crippen LogP contribution >= 0.6 is 0 Å². The predicted molar refractivity (Wildman–Crippen MR) is 81.7 cm³/mol. The van der Waals surface area contributed by atoms with Gasteiger partial charge in [0.05, 0.1) is 17.9 Å². The highest BCUT2D eigenvalue weighted by molar-refractivity contribution is 7.89. The van der Waals surface area contributed by atoms with E-state index in [9.17, 15) is 13.2 Å². The van der Waals surface area contributed by atoms with Gasteiger partial charge in [0.2, 0.25) is 10.0 Å². The average molecular weight is 328 g/mol. The Labute approximate surface area is 129 Å². The summed E-state index contributed by atoms with van der Waals surface area (Å²) in [7, 11) is -2.36. The highest BCUT2D eigenvalue weighted by Gasteiger charge is 2.27. The summed E-state index contributed by atoms with van der Waals surface area (Å²) in [5.74, 6) is -1.17. The van der Waals surface area contributed by atoms with Gasteiger partial charge in [-0.2, -0.15) is 0 Å². The van der Waals surface area contributed by atoms with Crippen molar-refractivity contribution in [1.82, 2.24) is 4.72 Å². The molecule has 1 aromatic rings. The van der Waals surface area contributed by atoms with E-state index >= 15 is 0 Å². The Balaban J connectivity index is 2.35. The van der Waals surface area contributed by atoms with Crippen LogP contribution in [0.15, 0.2) is 23.1 Å². The van der Waals surface area contributed by atoms with E-state index < -0.39 is 22.0 Å². The molecule has 1 aliphatic carbocycles. The molecule has 7 nitrogen and oxygen atoms in total. The zero-order valence-electron chi connectivity index (χ0n) is 12.5. The number of aromatic carboxylic acids is 1. The molecule has 22 heavy (non-hydrogen) atoms. The van der Waals surface area contributed by atoms with Crippen LogP contribution in [0.3, 0.4) is 0 Å². The maximum Gasteiger partial charge on any atom is 0.335 e. The third kappa shape index (κ3) is 4.19. The number of hydrogen-bond acceptors (Lipinski definition) is 5. The fourth-order valence-electron chi connectivity index (χ4n) is 2.06. The number of nitrogens with one attached hydrogen (secondary N) is 2. The van der Waals surface area contributed by atoms with Gasteiger partial charge in [-0.1, -0.05) is 0 Å². The number of ether oxygens (including phenoxy) is 1. The first-order valence-corrected chi connectivity index (χ1v) is 8.47. The van der Waals surface area contributed by atoms with Gasteiger partial charge in [0, 0.05) is 19.2 Å². The molecular formula is C14H20N2O5S. The summed E-state index contributed by atoms with van der Waals surface area (Å²) >= 11 is 0. The normalized spacial score (nSPS) is 16.3. The number of benzene rings is 1. The van der Waals surface area contributed by atoms with Gasteiger partial charge < -0.3 is 15.2 Å². The Kier molecular flexibility index (Phi) is 5.05. The van der Waals surface area contributed by atoms with Crippen molar-refractivity contribution < 1.29 is 23.1 Å². The first-order chi connectivity index (χ1) is 10.3. The molecule has 0 heterocycles. The minimum atomic E-state index is -3.84. The van der Waals surface area contributed by atoms with Crippen molar-refractivity contribution in [2.75, 3.05) is 19.0 Å².